The Morgan fingerprint density at radius 2 is 1.94 bits per heavy atom. The van der Waals surface area contributed by atoms with Gasteiger partial charge in [-0.2, -0.15) is 0 Å². The number of guanidine groups is 1. The smallest absolute Gasteiger partial charge is 0.248 e. The predicted molar refractivity (Wildman–Crippen MR) is 72.0 cm³/mol. The van der Waals surface area contributed by atoms with E-state index < -0.39 is 5.92 Å². The van der Waals surface area contributed by atoms with Gasteiger partial charge in [0, 0.05) is 32.5 Å². The highest BCUT2D eigenvalue weighted by Crippen LogP contribution is 2.42. The number of rotatable bonds is 2. The van der Waals surface area contributed by atoms with Crippen molar-refractivity contribution in [3.63, 3.8) is 0 Å². The molecule has 0 unspecified atom stereocenters. The molecule has 0 radical (unpaired) electrons. The Kier molecular flexibility index (Phi) is 5.36. The monoisotopic (exact) mass is 361 g/mol. The van der Waals surface area contributed by atoms with Gasteiger partial charge in [0.15, 0.2) is 5.96 Å². The molecule has 0 aromatic rings. The number of halogens is 3. The molecule has 2 N–H and O–H groups in total. The lowest BCUT2D eigenvalue weighted by Crippen LogP contribution is -2.45. The van der Waals surface area contributed by atoms with Gasteiger partial charge in [0.1, 0.15) is 0 Å². The van der Waals surface area contributed by atoms with Gasteiger partial charge in [0.25, 0.3) is 0 Å². The molecule has 1 aliphatic heterocycles. The van der Waals surface area contributed by atoms with E-state index in [1.807, 2.05) is 4.90 Å². The molecule has 0 bridgehead atoms. The van der Waals surface area contributed by atoms with Crippen LogP contribution in [0.1, 0.15) is 12.8 Å². The van der Waals surface area contributed by atoms with Gasteiger partial charge in [0.2, 0.25) is 5.92 Å². The Morgan fingerprint density at radius 3 is 2.47 bits per heavy atom. The Morgan fingerprint density at radius 1 is 1.35 bits per heavy atom. The van der Waals surface area contributed by atoms with E-state index in [0.717, 1.165) is 13.1 Å². The van der Waals surface area contributed by atoms with E-state index in [-0.39, 0.29) is 42.7 Å². The largest absolute Gasteiger partial charge is 0.378 e. The minimum atomic E-state index is -2.46. The SMILES string of the molecule is I.NC(=NCC1CC(F)(F)C1)N1CCOCC1. The second-order valence-electron chi connectivity index (χ2n) is 4.43. The van der Waals surface area contributed by atoms with Crippen molar-refractivity contribution in [3.8, 4) is 0 Å². The van der Waals surface area contributed by atoms with Crippen LogP contribution in [0.2, 0.25) is 0 Å². The van der Waals surface area contributed by atoms with Crippen LogP contribution in [-0.4, -0.2) is 49.6 Å². The first-order valence-corrected chi connectivity index (χ1v) is 5.57. The zero-order valence-corrected chi connectivity index (χ0v) is 11.9. The number of hydrogen-bond acceptors (Lipinski definition) is 2. The Balaban J connectivity index is 0.00000144. The van der Waals surface area contributed by atoms with Gasteiger partial charge in [-0.3, -0.25) is 4.99 Å². The maximum absolute atomic E-state index is 12.6. The van der Waals surface area contributed by atoms with Crippen LogP contribution in [0.3, 0.4) is 0 Å². The van der Waals surface area contributed by atoms with Gasteiger partial charge >= 0.3 is 0 Å². The fourth-order valence-electron chi connectivity index (χ4n) is 2.03. The second kappa shape index (κ2) is 6.12. The first-order chi connectivity index (χ1) is 7.57. The summed E-state index contributed by atoms with van der Waals surface area (Å²) in [6.07, 6.45) is -0.0974. The Hall–Kier alpha value is -0.180. The quantitative estimate of drug-likeness (QED) is 0.458. The van der Waals surface area contributed by atoms with Gasteiger partial charge in [-0.15, -0.1) is 24.0 Å². The van der Waals surface area contributed by atoms with Crippen molar-refractivity contribution in [3.05, 3.63) is 0 Å². The molecule has 17 heavy (non-hydrogen) atoms. The van der Waals surface area contributed by atoms with Crippen molar-refractivity contribution in [2.45, 2.75) is 18.8 Å². The normalized spacial score (nSPS) is 25.1. The van der Waals surface area contributed by atoms with E-state index in [1.54, 1.807) is 0 Å². The molecule has 1 aliphatic carbocycles. The lowest BCUT2D eigenvalue weighted by Gasteiger charge is -2.34. The maximum atomic E-state index is 12.6. The molecule has 0 amide bonds. The highest BCUT2D eigenvalue weighted by molar-refractivity contribution is 14.0. The van der Waals surface area contributed by atoms with Gasteiger partial charge in [-0.1, -0.05) is 0 Å². The minimum absolute atomic E-state index is 0. The number of hydrogen-bond donors (Lipinski definition) is 1. The average Bonchev–Trinajstić information content (AvgIpc) is 2.24. The molecule has 0 atom stereocenters. The summed E-state index contributed by atoms with van der Waals surface area (Å²) in [6, 6.07) is 0. The number of nitrogens with two attached hydrogens (primary N) is 1. The summed E-state index contributed by atoms with van der Waals surface area (Å²) < 4.78 is 30.3. The molecule has 2 aliphatic rings. The van der Waals surface area contributed by atoms with E-state index in [2.05, 4.69) is 4.99 Å². The van der Waals surface area contributed by atoms with Gasteiger partial charge in [-0.05, 0) is 5.92 Å². The topological polar surface area (TPSA) is 50.8 Å². The van der Waals surface area contributed by atoms with Crippen LogP contribution in [0.15, 0.2) is 4.99 Å². The summed E-state index contributed by atoms with van der Waals surface area (Å²) in [7, 11) is 0. The predicted octanol–water partition coefficient (Wildman–Crippen LogP) is 1.30. The third kappa shape index (κ3) is 4.20. The summed E-state index contributed by atoms with van der Waals surface area (Å²) in [4.78, 5) is 6.10. The van der Waals surface area contributed by atoms with Crippen molar-refractivity contribution in [2.24, 2.45) is 16.6 Å². The van der Waals surface area contributed by atoms with Crippen LogP contribution >= 0.6 is 24.0 Å². The molecule has 2 rings (SSSR count). The van der Waals surface area contributed by atoms with Crippen LogP contribution in [0, 0.1) is 5.92 Å². The van der Waals surface area contributed by atoms with E-state index in [0.29, 0.717) is 25.7 Å². The minimum Gasteiger partial charge on any atom is -0.378 e. The van der Waals surface area contributed by atoms with Crippen molar-refractivity contribution < 1.29 is 13.5 Å². The molecule has 100 valence electrons. The van der Waals surface area contributed by atoms with Gasteiger partial charge in [-0.25, -0.2) is 8.78 Å². The molecule has 4 nitrogen and oxygen atoms in total. The fourth-order valence-corrected chi connectivity index (χ4v) is 2.03. The van der Waals surface area contributed by atoms with Crippen LogP contribution in [0.25, 0.3) is 0 Å². The zero-order valence-electron chi connectivity index (χ0n) is 9.57. The van der Waals surface area contributed by atoms with E-state index >= 15 is 0 Å². The number of morpholine rings is 1. The first-order valence-electron chi connectivity index (χ1n) is 5.57. The molecule has 1 heterocycles. The molecule has 2 fully saturated rings. The van der Waals surface area contributed by atoms with Crippen LogP contribution in [-0.2, 0) is 4.74 Å². The number of nitrogens with zero attached hydrogens (tertiary/aromatic N) is 2. The molecular weight excluding hydrogens is 343 g/mol. The summed E-state index contributed by atoms with van der Waals surface area (Å²) in [6.45, 7) is 3.18. The highest BCUT2D eigenvalue weighted by atomic mass is 127. The lowest BCUT2D eigenvalue weighted by molar-refractivity contribution is -0.107. The number of aliphatic imine (C=N–C) groups is 1. The summed E-state index contributed by atoms with van der Waals surface area (Å²) in [5.41, 5.74) is 5.78. The fraction of sp³-hybridized carbons (Fsp3) is 0.900. The molecule has 7 heteroatoms. The van der Waals surface area contributed by atoms with Gasteiger partial charge < -0.3 is 15.4 Å². The molecule has 0 aromatic carbocycles. The van der Waals surface area contributed by atoms with Gasteiger partial charge in [0.05, 0.1) is 13.2 Å². The van der Waals surface area contributed by atoms with Crippen LogP contribution < -0.4 is 5.73 Å². The van der Waals surface area contributed by atoms with Crippen molar-refractivity contribution >= 4 is 29.9 Å². The molecule has 0 spiro atoms. The van der Waals surface area contributed by atoms with Crippen LogP contribution in [0.4, 0.5) is 8.78 Å². The summed E-state index contributed by atoms with van der Waals surface area (Å²) >= 11 is 0. The standard InChI is InChI=1S/C10H17F2N3O.HI/c11-10(12)5-8(6-10)7-14-9(13)15-1-3-16-4-2-15;/h8H,1-7H2,(H2,13,14);1H. The van der Waals surface area contributed by atoms with Crippen molar-refractivity contribution in [1.29, 1.82) is 0 Å². The van der Waals surface area contributed by atoms with Crippen molar-refractivity contribution in [2.75, 3.05) is 32.8 Å². The molecular formula is C10H18F2IN3O. The third-order valence-electron chi connectivity index (χ3n) is 3.02. The highest BCUT2D eigenvalue weighted by Gasteiger charge is 2.44. The van der Waals surface area contributed by atoms with Crippen LogP contribution in [0.5, 0.6) is 0 Å². The second-order valence-corrected chi connectivity index (χ2v) is 4.43. The zero-order chi connectivity index (χ0) is 11.6. The molecule has 1 saturated heterocycles. The Labute approximate surface area is 117 Å². The summed E-state index contributed by atoms with van der Waals surface area (Å²) in [5.74, 6) is -2.01. The van der Waals surface area contributed by atoms with E-state index in [9.17, 15) is 8.78 Å². The number of alkyl halides is 2. The molecule has 1 saturated carbocycles. The Bertz CT molecular complexity index is 275. The first kappa shape index (κ1) is 14.9. The lowest BCUT2D eigenvalue weighted by atomic mass is 9.81. The van der Waals surface area contributed by atoms with E-state index in [1.165, 1.54) is 0 Å². The molecule has 0 aromatic heterocycles. The van der Waals surface area contributed by atoms with Crippen molar-refractivity contribution in [1.82, 2.24) is 4.90 Å². The number of ether oxygens (including phenoxy) is 1. The third-order valence-corrected chi connectivity index (χ3v) is 3.02. The summed E-state index contributed by atoms with van der Waals surface area (Å²) in [5, 5.41) is 0. The van der Waals surface area contributed by atoms with E-state index in [4.69, 9.17) is 10.5 Å². The maximum Gasteiger partial charge on any atom is 0.248 e. The average molecular weight is 361 g/mol.